The minimum Gasteiger partial charge on any atom is -0.379 e. The van der Waals surface area contributed by atoms with E-state index >= 15 is 0 Å². The van der Waals surface area contributed by atoms with Gasteiger partial charge in [0.05, 0.1) is 6.61 Å². The second kappa shape index (κ2) is 9.15. The van der Waals surface area contributed by atoms with Crippen LogP contribution in [-0.4, -0.2) is 19.3 Å². The van der Waals surface area contributed by atoms with Crippen LogP contribution in [0.1, 0.15) is 63.5 Å². The van der Waals surface area contributed by atoms with Crippen LogP contribution in [0, 0.1) is 0 Å². The van der Waals surface area contributed by atoms with E-state index in [1.807, 2.05) is 6.07 Å². The SMILES string of the molecule is CCCCCCCCCOCC1OC1c1ccccc1. The standard InChI is InChI=1S/C18H28O2/c1-2-3-4-5-6-7-11-14-19-15-17-18(20-17)16-12-9-8-10-13-16/h8-10,12-13,17-18H,2-7,11,14-15H2,1H3. The van der Waals surface area contributed by atoms with E-state index in [0.717, 1.165) is 13.2 Å². The van der Waals surface area contributed by atoms with Gasteiger partial charge in [-0.15, -0.1) is 0 Å². The van der Waals surface area contributed by atoms with Crippen molar-refractivity contribution in [2.75, 3.05) is 13.2 Å². The average Bonchev–Trinajstić information content (AvgIpc) is 3.26. The van der Waals surface area contributed by atoms with Gasteiger partial charge < -0.3 is 9.47 Å². The second-order valence-electron chi connectivity index (χ2n) is 5.70. The van der Waals surface area contributed by atoms with Gasteiger partial charge in [-0.3, -0.25) is 0 Å². The average molecular weight is 276 g/mol. The molecule has 0 aromatic heterocycles. The summed E-state index contributed by atoms with van der Waals surface area (Å²) in [5.74, 6) is 0. The van der Waals surface area contributed by atoms with Gasteiger partial charge in [0, 0.05) is 6.61 Å². The van der Waals surface area contributed by atoms with Crippen molar-refractivity contribution in [1.29, 1.82) is 0 Å². The van der Waals surface area contributed by atoms with Crippen LogP contribution in [0.2, 0.25) is 0 Å². The van der Waals surface area contributed by atoms with Gasteiger partial charge in [-0.05, 0) is 12.0 Å². The summed E-state index contributed by atoms with van der Waals surface area (Å²) in [6, 6.07) is 10.4. The number of hydrogen-bond acceptors (Lipinski definition) is 2. The van der Waals surface area contributed by atoms with Crippen LogP contribution in [0.4, 0.5) is 0 Å². The normalized spacial score (nSPS) is 21.1. The highest BCUT2D eigenvalue weighted by atomic mass is 16.6. The van der Waals surface area contributed by atoms with Gasteiger partial charge in [-0.1, -0.05) is 75.8 Å². The van der Waals surface area contributed by atoms with E-state index in [0.29, 0.717) is 0 Å². The number of unbranched alkanes of at least 4 members (excludes halogenated alkanes) is 6. The van der Waals surface area contributed by atoms with Gasteiger partial charge in [0.25, 0.3) is 0 Å². The molecule has 20 heavy (non-hydrogen) atoms. The molecule has 0 N–H and O–H groups in total. The molecule has 0 spiro atoms. The molecule has 2 unspecified atom stereocenters. The zero-order valence-corrected chi connectivity index (χ0v) is 12.7. The molecule has 2 nitrogen and oxygen atoms in total. The molecular formula is C18H28O2. The Labute approximate surface area is 123 Å². The molecule has 2 heteroatoms. The number of hydrogen-bond donors (Lipinski definition) is 0. The first kappa shape index (κ1) is 15.5. The molecule has 2 rings (SSSR count). The molecule has 1 heterocycles. The Morgan fingerprint density at radius 2 is 1.65 bits per heavy atom. The molecule has 112 valence electrons. The molecule has 0 saturated carbocycles. The molecule has 0 amide bonds. The lowest BCUT2D eigenvalue weighted by atomic mass is 10.1. The molecule has 1 aromatic carbocycles. The number of rotatable bonds is 11. The Hall–Kier alpha value is -0.860. The molecule has 1 saturated heterocycles. The number of benzene rings is 1. The largest absolute Gasteiger partial charge is 0.379 e. The summed E-state index contributed by atoms with van der Waals surface area (Å²) in [5, 5.41) is 0. The molecule has 1 aromatic rings. The predicted octanol–water partition coefficient (Wildman–Crippen LogP) is 4.89. The first-order chi connectivity index (χ1) is 9.92. The van der Waals surface area contributed by atoms with E-state index in [4.69, 9.17) is 9.47 Å². The third kappa shape index (κ3) is 5.64. The maximum Gasteiger partial charge on any atom is 0.112 e. The Kier molecular flexibility index (Phi) is 7.10. The van der Waals surface area contributed by atoms with E-state index in [2.05, 4.69) is 31.2 Å². The Morgan fingerprint density at radius 3 is 2.40 bits per heavy atom. The highest BCUT2D eigenvalue weighted by Crippen LogP contribution is 2.38. The van der Waals surface area contributed by atoms with Crippen molar-refractivity contribution in [3.8, 4) is 0 Å². The highest BCUT2D eigenvalue weighted by molar-refractivity contribution is 5.22. The zero-order chi connectivity index (χ0) is 14.0. The Balaban J connectivity index is 1.42. The van der Waals surface area contributed by atoms with Crippen molar-refractivity contribution in [1.82, 2.24) is 0 Å². The van der Waals surface area contributed by atoms with Crippen LogP contribution >= 0.6 is 0 Å². The fraction of sp³-hybridized carbons (Fsp3) is 0.667. The van der Waals surface area contributed by atoms with Crippen molar-refractivity contribution in [3.05, 3.63) is 35.9 Å². The van der Waals surface area contributed by atoms with Crippen molar-refractivity contribution in [2.24, 2.45) is 0 Å². The summed E-state index contributed by atoms with van der Waals surface area (Å²) in [6.45, 7) is 3.89. The van der Waals surface area contributed by atoms with E-state index in [1.165, 1.54) is 50.5 Å². The minimum atomic E-state index is 0.269. The predicted molar refractivity (Wildman–Crippen MR) is 82.9 cm³/mol. The smallest absolute Gasteiger partial charge is 0.112 e. The Bertz CT molecular complexity index is 350. The monoisotopic (exact) mass is 276 g/mol. The Morgan fingerprint density at radius 1 is 0.950 bits per heavy atom. The summed E-state index contributed by atoms with van der Waals surface area (Å²) in [6.07, 6.45) is 9.89. The van der Waals surface area contributed by atoms with Crippen LogP contribution < -0.4 is 0 Å². The first-order valence-corrected chi connectivity index (χ1v) is 8.20. The quantitative estimate of drug-likeness (QED) is 0.424. The molecule has 1 fully saturated rings. The van der Waals surface area contributed by atoms with Crippen LogP contribution in [-0.2, 0) is 9.47 Å². The van der Waals surface area contributed by atoms with Crippen molar-refractivity contribution in [3.63, 3.8) is 0 Å². The lowest BCUT2D eigenvalue weighted by Gasteiger charge is -2.03. The van der Waals surface area contributed by atoms with E-state index in [9.17, 15) is 0 Å². The molecule has 0 bridgehead atoms. The fourth-order valence-corrected chi connectivity index (χ4v) is 2.57. The maximum atomic E-state index is 5.71. The summed E-state index contributed by atoms with van der Waals surface area (Å²) >= 11 is 0. The van der Waals surface area contributed by atoms with Crippen LogP contribution in [0.5, 0.6) is 0 Å². The van der Waals surface area contributed by atoms with Gasteiger partial charge in [0.1, 0.15) is 12.2 Å². The lowest BCUT2D eigenvalue weighted by Crippen LogP contribution is -2.04. The van der Waals surface area contributed by atoms with Crippen molar-refractivity contribution in [2.45, 2.75) is 64.1 Å². The minimum absolute atomic E-state index is 0.269. The summed E-state index contributed by atoms with van der Waals surface area (Å²) in [7, 11) is 0. The summed E-state index contributed by atoms with van der Waals surface area (Å²) < 4.78 is 11.4. The van der Waals surface area contributed by atoms with Gasteiger partial charge in [-0.2, -0.15) is 0 Å². The summed E-state index contributed by atoms with van der Waals surface area (Å²) in [5.41, 5.74) is 1.28. The molecule has 1 aliphatic heterocycles. The van der Waals surface area contributed by atoms with Gasteiger partial charge >= 0.3 is 0 Å². The van der Waals surface area contributed by atoms with E-state index < -0.39 is 0 Å². The topological polar surface area (TPSA) is 21.8 Å². The van der Waals surface area contributed by atoms with Crippen LogP contribution in [0.3, 0.4) is 0 Å². The third-order valence-electron chi connectivity index (χ3n) is 3.88. The molecule has 1 aliphatic rings. The highest BCUT2D eigenvalue weighted by Gasteiger charge is 2.39. The zero-order valence-electron chi connectivity index (χ0n) is 12.7. The fourth-order valence-electron chi connectivity index (χ4n) is 2.57. The van der Waals surface area contributed by atoms with E-state index in [-0.39, 0.29) is 12.2 Å². The van der Waals surface area contributed by atoms with Crippen LogP contribution in [0.25, 0.3) is 0 Å². The first-order valence-electron chi connectivity index (χ1n) is 8.20. The third-order valence-corrected chi connectivity index (χ3v) is 3.88. The molecule has 0 aliphatic carbocycles. The number of epoxide rings is 1. The molecule has 2 atom stereocenters. The van der Waals surface area contributed by atoms with Crippen LogP contribution in [0.15, 0.2) is 30.3 Å². The van der Waals surface area contributed by atoms with Crippen molar-refractivity contribution >= 4 is 0 Å². The molecule has 0 radical (unpaired) electrons. The number of ether oxygens (including phenoxy) is 2. The molecular weight excluding hydrogens is 248 g/mol. The van der Waals surface area contributed by atoms with E-state index in [1.54, 1.807) is 0 Å². The maximum absolute atomic E-state index is 5.71. The van der Waals surface area contributed by atoms with Crippen molar-refractivity contribution < 1.29 is 9.47 Å². The van der Waals surface area contributed by atoms with Gasteiger partial charge in [0.2, 0.25) is 0 Å². The summed E-state index contributed by atoms with van der Waals surface area (Å²) in [4.78, 5) is 0. The van der Waals surface area contributed by atoms with Gasteiger partial charge in [-0.25, -0.2) is 0 Å². The second-order valence-corrected chi connectivity index (χ2v) is 5.70. The van der Waals surface area contributed by atoms with Gasteiger partial charge in [0.15, 0.2) is 0 Å². The lowest BCUT2D eigenvalue weighted by molar-refractivity contribution is 0.113.